The first-order chi connectivity index (χ1) is 6.62. The van der Waals surface area contributed by atoms with Gasteiger partial charge in [-0.1, -0.05) is 51.9 Å². The van der Waals surface area contributed by atoms with Crippen LogP contribution in [0.25, 0.3) is 0 Å². The molecule has 0 N–H and O–H groups in total. The van der Waals surface area contributed by atoms with Gasteiger partial charge >= 0.3 is 0 Å². The topological polar surface area (TPSA) is 23.8 Å². The molecule has 1 heteroatoms. The molecule has 0 aromatic carbocycles. The van der Waals surface area contributed by atoms with E-state index in [0.29, 0.717) is 0 Å². The highest BCUT2D eigenvalue weighted by molar-refractivity contribution is 4.91. The minimum absolute atomic E-state index is 0.108. The lowest BCUT2D eigenvalue weighted by atomic mass is 9.88. The summed E-state index contributed by atoms with van der Waals surface area (Å²) in [6.07, 6.45) is 10.4. The third kappa shape index (κ3) is 8.10. The molecule has 0 aliphatic rings. The fraction of sp³-hybridized carbons (Fsp3) is 0.923. The highest BCUT2D eigenvalue weighted by Crippen LogP contribution is 2.22. The number of nitriles is 1. The van der Waals surface area contributed by atoms with Crippen molar-refractivity contribution in [2.75, 3.05) is 0 Å². The van der Waals surface area contributed by atoms with Crippen molar-refractivity contribution in [1.82, 2.24) is 0 Å². The summed E-state index contributed by atoms with van der Waals surface area (Å²) in [6.45, 7) is 6.31. The first-order valence-electron chi connectivity index (χ1n) is 6.03. The van der Waals surface area contributed by atoms with Crippen molar-refractivity contribution in [2.24, 2.45) is 5.41 Å². The average molecular weight is 195 g/mol. The lowest BCUT2D eigenvalue weighted by Gasteiger charge is -2.13. The van der Waals surface area contributed by atoms with Gasteiger partial charge in [0, 0.05) is 0 Å². The van der Waals surface area contributed by atoms with Gasteiger partial charge in [-0.2, -0.15) is 5.26 Å². The Morgan fingerprint density at radius 1 is 0.929 bits per heavy atom. The number of unbranched alkanes of at least 4 members (excludes halogenated alkanes) is 6. The zero-order valence-electron chi connectivity index (χ0n) is 10.1. The molecule has 0 aliphatic heterocycles. The molecule has 0 unspecified atom stereocenters. The minimum Gasteiger partial charge on any atom is -0.198 e. The summed E-state index contributed by atoms with van der Waals surface area (Å²) in [4.78, 5) is 0. The molecule has 0 bridgehead atoms. The highest BCUT2D eigenvalue weighted by atomic mass is 14.3. The Bertz CT molecular complexity index is 165. The first-order valence-corrected chi connectivity index (χ1v) is 6.03. The van der Waals surface area contributed by atoms with Crippen molar-refractivity contribution in [2.45, 2.75) is 72.1 Å². The van der Waals surface area contributed by atoms with Gasteiger partial charge in [0.1, 0.15) is 0 Å². The largest absolute Gasteiger partial charge is 0.198 e. The first kappa shape index (κ1) is 13.5. The highest BCUT2D eigenvalue weighted by Gasteiger charge is 2.14. The quantitative estimate of drug-likeness (QED) is 0.516. The van der Waals surface area contributed by atoms with Crippen LogP contribution in [0.15, 0.2) is 0 Å². The standard InChI is InChI=1S/C13H25N/c1-4-5-6-7-8-9-10-11-13(2,3)12-14/h4-11H2,1-3H3. The summed E-state index contributed by atoms with van der Waals surface area (Å²) in [6, 6.07) is 2.35. The van der Waals surface area contributed by atoms with Gasteiger partial charge in [0.2, 0.25) is 0 Å². The van der Waals surface area contributed by atoms with Crippen LogP contribution in [0.5, 0.6) is 0 Å². The molecule has 0 fully saturated rings. The number of hydrogen-bond donors (Lipinski definition) is 0. The predicted molar refractivity (Wildman–Crippen MR) is 62.0 cm³/mol. The summed E-state index contributed by atoms with van der Waals surface area (Å²) >= 11 is 0. The SMILES string of the molecule is CCCCCCCCCC(C)(C)C#N. The molecule has 0 spiro atoms. The van der Waals surface area contributed by atoms with Crippen molar-refractivity contribution in [3.8, 4) is 6.07 Å². The van der Waals surface area contributed by atoms with Crippen molar-refractivity contribution in [3.05, 3.63) is 0 Å². The molecule has 0 saturated carbocycles. The Balaban J connectivity index is 3.18. The van der Waals surface area contributed by atoms with E-state index < -0.39 is 0 Å². The van der Waals surface area contributed by atoms with Crippen LogP contribution in [-0.2, 0) is 0 Å². The molecule has 0 radical (unpaired) electrons. The Labute approximate surface area is 89.5 Å². The lowest BCUT2D eigenvalue weighted by Crippen LogP contribution is -2.06. The van der Waals surface area contributed by atoms with Crippen LogP contribution in [0, 0.1) is 16.7 Å². The molecule has 0 rings (SSSR count). The van der Waals surface area contributed by atoms with Gasteiger partial charge < -0.3 is 0 Å². The van der Waals surface area contributed by atoms with Gasteiger partial charge in [0.25, 0.3) is 0 Å². The third-order valence-electron chi connectivity index (χ3n) is 2.71. The van der Waals surface area contributed by atoms with Crippen LogP contribution in [0.4, 0.5) is 0 Å². The Hall–Kier alpha value is -0.510. The van der Waals surface area contributed by atoms with Gasteiger partial charge in [-0.25, -0.2) is 0 Å². The molecular weight excluding hydrogens is 170 g/mol. The van der Waals surface area contributed by atoms with Crippen molar-refractivity contribution < 1.29 is 0 Å². The fourth-order valence-electron chi connectivity index (χ4n) is 1.58. The van der Waals surface area contributed by atoms with E-state index >= 15 is 0 Å². The normalized spacial score (nSPS) is 11.3. The van der Waals surface area contributed by atoms with Crippen LogP contribution in [0.2, 0.25) is 0 Å². The summed E-state index contributed by atoms with van der Waals surface area (Å²) in [5, 5.41) is 8.82. The Morgan fingerprint density at radius 3 is 1.93 bits per heavy atom. The second-order valence-corrected chi connectivity index (χ2v) is 4.87. The van der Waals surface area contributed by atoms with E-state index in [2.05, 4.69) is 13.0 Å². The number of rotatable bonds is 8. The van der Waals surface area contributed by atoms with Gasteiger partial charge in [-0.3, -0.25) is 0 Å². The maximum absolute atomic E-state index is 8.82. The summed E-state index contributed by atoms with van der Waals surface area (Å²) in [7, 11) is 0. The monoisotopic (exact) mass is 195 g/mol. The average Bonchev–Trinajstić information content (AvgIpc) is 2.16. The predicted octanol–water partition coefficient (Wildman–Crippen LogP) is 4.68. The lowest BCUT2D eigenvalue weighted by molar-refractivity contribution is 0.419. The zero-order valence-corrected chi connectivity index (χ0v) is 10.1. The molecule has 0 amide bonds. The molecule has 14 heavy (non-hydrogen) atoms. The number of nitrogens with zero attached hydrogens (tertiary/aromatic N) is 1. The van der Waals surface area contributed by atoms with Crippen LogP contribution in [0.3, 0.4) is 0 Å². The molecule has 0 aromatic heterocycles. The van der Waals surface area contributed by atoms with Crippen LogP contribution < -0.4 is 0 Å². The maximum Gasteiger partial charge on any atom is 0.0683 e. The second kappa shape index (κ2) is 7.85. The van der Waals surface area contributed by atoms with E-state index in [9.17, 15) is 0 Å². The van der Waals surface area contributed by atoms with Gasteiger partial charge in [0.05, 0.1) is 11.5 Å². The van der Waals surface area contributed by atoms with E-state index in [0.717, 1.165) is 6.42 Å². The van der Waals surface area contributed by atoms with Gasteiger partial charge in [0.15, 0.2) is 0 Å². The Morgan fingerprint density at radius 2 is 1.43 bits per heavy atom. The molecule has 0 atom stereocenters. The maximum atomic E-state index is 8.82. The summed E-state index contributed by atoms with van der Waals surface area (Å²) in [5.41, 5.74) is -0.108. The molecule has 0 heterocycles. The van der Waals surface area contributed by atoms with E-state index in [1.165, 1.54) is 44.9 Å². The Kier molecular flexibility index (Phi) is 7.57. The van der Waals surface area contributed by atoms with Crippen molar-refractivity contribution >= 4 is 0 Å². The molecule has 0 saturated heterocycles. The van der Waals surface area contributed by atoms with E-state index in [4.69, 9.17) is 5.26 Å². The van der Waals surface area contributed by atoms with Gasteiger partial charge in [-0.05, 0) is 20.3 Å². The number of hydrogen-bond acceptors (Lipinski definition) is 1. The molecular formula is C13H25N. The van der Waals surface area contributed by atoms with E-state index in [1.807, 2.05) is 13.8 Å². The van der Waals surface area contributed by atoms with E-state index in [1.54, 1.807) is 0 Å². The summed E-state index contributed by atoms with van der Waals surface area (Å²) in [5.74, 6) is 0. The molecule has 82 valence electrons. The molecule has 0 aromatic rings. The molecule has 1 nitrogen and oxygen atoms in total. The third-order valence-corrected chi connectivity index (χ3v) is 2.71. The van der Waals surface area contributed by atoms with E-state index in [-0.39, 0.29) is 5.41 Å². The zero-order chi connectivity index (χ0) is 10.9. The van der Waals surface area contributed by atoms with Crippen LogP contribution in [-0.4, -0.2) is 0 Å². The summed E-state index contributed by atoms with van der Waals surface area (Å²) < 4.78 is 0. The smallest absolute Gasteiger partial charge is 0.0683 e. The second-order valence-electron chi connectivity index (χ2n) is 4.87. The van der Waals surface area contributed by atoms with Crippen LogP contribution >= 0.6 is 0 Å². The fourth-order valence-corrected chi connectivity index (χ4v) is 1.58. The minimum atomic E-state index is -0.108. The van der Waals surface area contributed by atoms with Crippen molar-refractivity contribution in [1.29, 1.82) is 5.26 Å². The molecule has 0 aliphatic carbocycles. The van der Waals surface area contributed by atoms with Crippen LogP contribution in [0.1, 0.15) is 72.1 Å². The van der Waals surface area contributed by atoms with Gasteiger partial charge in [-0.15, -0.1) is 0 Å². The van der Waals surface area contributed by atoms with Crippen molar-refractivity contribution in [3.63, 3.8) is 0 Å².